The van der Waals surface area contributed by atoms with Gasteiger partial charge in [0.15, 0.2) is 6.29 Å². The monoisotopic (exact) mass is 184 g/mol. The van der Waals surface area contributed by atoms with Crippen molar-refractivity contribution in [3.8, 4) is 0 Å². The molecule has 0 spiro atoms. The minimum atomic E-state index is -0.466. The van der Waals surface area contributed by atoms with Crippen LogP contribution in [0.4, 0.5) is 0 Å². The summed E-state index contributed by atoms with van der Waals surface area (Å²) in [5.74, 6) is 1.22. The van der Waals surface area contributed by atoms with Gasteiger partial charge < -0.3 is 9.53 Å². The van der Waals surface area contributed by atoms with Gasteiger partial charge in [0.1, 0.15) is 5.60 Å². The summed E-state index contributed by atoms with van der Waals surface area (Å²) in [7, 11) is 0. The molecular formula is C11H20O2. The van der Waals surface area contributed by atoms with Gasteiger partial charge in [0.25, 0.3) is 0 Å². The minimum Gasteiger partial charge on any atom is -0.368 e. The molecule has 1 aliphatic rings. The van der Waals surface area contributed by atoms with Gasteiger partial charge in [-0.1, -0.05) is 13.8 Å². The third-order valence-corrected chi connectivity index (χ3v) is 2.84. The smallest absolute Gasteiger partial charge is 0.151 e. The quantitative estimate of drug-likeness (QED) is 0.630. The number of aldehydes is 1. The molecule has 2 heteroatoms. The minimum absolute atomic E-state index is 0.466. The van der Waals surface area contributed by atoms with E-state index in [-0.39, 0.29) is 0 Å². The van der Waals surface area contributed by atoms with E-state index in [0.717, 1.165) is 19.1 Å². The molecule has 1 fully saturated rings. The third kappa shape index (κ3) is 2.53. The van der Waals surface area contributed by atoms with Crippen molar-refractivity contribution in [1.29, 1.82) is 0 Å². The van der Waals surface area contributed by atoms with Gasteiger partial charge in [0.05, 0.1) is 0 Å². The molecule has 2 nitrogen and oxygen atoms in total. The molecule has 0 radical (unpaired) electrons. The molecule has 1 rings (SSSR count). The maximum atomic E-state index is 11.0. The molecule has 0 amide bonds. The largest absolute Gasteiger partial charge is 0.368 e. The number of rotatable bonds is 3. The molecule has 0 bridgehead atoms. The fraction of sp³-hybridized carbons (Fsp3) is 0.909. The molecular weight excluding hydrogens is 164 g/mol. The number of hydrogen-bond donors (Lipinski definition) is 0. The molecule has 76 valence electrons. The third-order valence-electron chi connectivity index (χ3n) is 2.84. The maximum absolute atomic E-state index is 11.0. The van der Waals surface area contributed by atoms with E-state index in [1.165, 1.54) is 6.42 Å². The van der Waals surface area contributed by atoms with E-state index in [1.807, 2.05) is 6.92 Å². The van der Waals surface area contributed by atoms with Gasteiger partial charge in [0, 0.05) is 6.61 Å². The zero-order valence-electron chi connectivity index (χ0n) is 8.88. The van der Waals surface area contributed by atoms with Crippen LogP contribution in [-0.2, 0) is 9.53 Å². The van der Waals surface area contributed by atoms with Crippen LogP contribution >= 0.6 is 0 Å². The maximum Gasteiger partial charge on any atom is 0.151 e. The molecule has 0 aliphatic heterocycles. The first kappa shape index (κ1) is 10.7. The highest BCUT2D eigenvalue weighted by molar-refractivity contribution is 5.62. The van der Waals surface area contributed by atoms with E-state index in [1.54, 1.807) is 0 Å². The van der Waals surface area contributed by atoms with Gasteiger partial charge in [-0.05, 0) is 38.0 Å². The molecule has 0 aromatic carbocycles. The first-order valence-corrected chi connectivity index (χ1v) is 5.22. The van der Waals surface area contributed by atoms with Crippen LogP contribution in [0.1, 0.15) is 40.0 Å². The number of ether oxygens (including phenoxy) is 1. The van der Waals surface area contributed by atoms with Gasteiger partial charge in [-0.25, -0.2) is 0 Å². The van der Waals surface area contributed by atoms with Crippen molar-refractivity contribution < 1.29 is 9.53 Å². The fourth-order valence-electron chi connectivity index (χ4n) is 2.65. The molecule has 0 heterocycles. The molecule has 1 saturated carbocycles. The zero-order valence-corrected chi connectivity index (χ0v) is 8.88. The van der Waals surface area contributed by atoms with Gasteiger partial charge in [-0.2, -0.15) is 0 Å². The predicted octanol–water partition coefficient (Wildman–Crippen LogP) is 2.42. The zero-order chi connectivity index (χ0) is 9.90. The van der Waals surface area contributed by atoms with Crippen molar-refractivity contribution in [2.24, 2.45) is 11.8 Å². The summed E-state index contributed by atoms with van der Waals surface area (Å²) in [6.45, 7) is 6.99. The highest BCUT2D eigenvalue weighted by Gasteiger charge is 2.38. The van der Waals surface area contributed by atoms with Crippen LogP contribution in [-0.4, -0.2) is 18.5 Å². The van der Waals surface area contributed by atoms with Crippen LogP contribution in [0.5, 0.6) is 0 Å². The first-order valence-electron chi connectivity index (χ1n) is 5.22. The van der Waals surface area contributed by atoms with E-state index >= 15 is 0 Å². The van der Waals surface area contributed by atoms with Crippen molar-refractivity contribution in [1.82, 2.24) is 0 Å². The first-order chi connectivity index (χ1) is 6.12. The molecule has 2 atom stereocenters. The summed E-state index contributed by atoms with van der Waals surface area (Å²) in [5, 5.41) is 0. The Balaban J connectivity index is 2.67. The van der Waals surface area contributed by atoms with Crippen molar-refractivity contribution in [3.63, 3.8) is 0 Å². The second-order valence-corrected chi connectivity index (χ2v) is 4.47. The van der Waals surface area contributed by atoms with E-state index < -0.39 is 5.60 Å². The average molecular weight is 184 g/mol. The lowest BCUT2D eigenvalue weighted by Gasteiger charge is -2.38. The topological polar surface area (TPSA) is 26.3 Å². The van der Waals surface area contributed by atoms with Crippen LogP contribution in [0.25, 0.3) is 0 Å². The summed E-state index contributed by atoms with van der Waals surface area (Å²) >= 11 is 0. The van der Waals surface area contributed by atoms with Crippen LogP contribution in [0, 0.1) is 11.8 Å². The van der Waals surface area contributed by atoms with Crippen molar-refractivity contribution in [3.05, 3.63) is 0 Å². The lowest BCUT2D eigenvalue weighted by molar-refractivity contribution is -0.140. The van der Waals surface area contributed by atoms with Crippen LogP contribution < -0.4 is 0 Å². The molecule has 0 aromatic heterocycles. The summed E-state index contributed by atoms with van der Waals surface area (Å²) in [5.41, 5.74) is -0.466. The summed E-state index contributed by atoms with van der Waals surface area (Å²) in [6, 6.07) is 0. The number of carbonyl (C=O) groups excluding carboxylic acids is 1. The Kier molecular flexibility index (Phi) is 3.48. The normalized spacial score (nSPS) is 40.2. The molecule has 0 saturated heterocycles. The van der Waals surface area contributed by atoms with E-state index in [0.29, 0.717) is 18.4 Å². The molecule has 13 heavy (non-hydrogen) atoms. The van der Waals surface area contributed by atoms with Crippen LogP contribution in [0.15, 0.2) is 0 Å². The average Bonchev–Trinajstić information content (AvgIpc) is 2.03. The Hall–Kier alpha value is -0.370. The molecule has 1 aliphatic carbocycles. The Morgan fingerprint density at radius 2 is 1.92 bits per heavy atom. The molecule has 0 aromatic rings. The van der Waals surface area contributed by atoms with Gasteiger partial charge >= 0.3 is 0 Å². The van der Waals surface area contributed by atoms with Crippen LogP contribution in [0.3, 0.4) is 0 Å². The second-order valence-electron chi connectivity index (χ2n) is 4.47. The number of hydrogen-bond acceptors (Lipinski definition) is 2. The summed E-state index contributed by atoms with van der Waals surface area (Å²) in [4.78, 5) is 11.0. The highest BCUT2D eigenvalue weighted by Crippen LogP contribution is 2.37. The van der Waals surface area contributed by atoms with E-state index in [4.69, 9.17) is 4.74 Å². The van der Waals surface area contributed by atoms with Crippen LogP contribution in [0.2, 0.25) is 0 Å². The standard InChI is InChI=1S/C11H20O2/c1-4-13-11(8-12)6-9(2)5-10(3)7-11/h8-10H,4-7H2,1-3H3. The Labute approximate surface area is 80.7 Å². The lowest BCUT2D eigenvalue weighted by Crippen LogP contribution is -2.42. The fourth-order valence-corrected chi connectivity index (χ4v) is 2.65. The summed E-state index contributed by atoms with van der Waals surface area (Å²) in [6.07, 6.45) is 4.04. The molecule has 0 N–H and O–H groups in total. The summed E-state index contributed by atoms with van der Waals surface area (Å²) < 4.78 is 5.59. The number of carbonyl (C=O) groups is 1. The Morgan fingerprint density at radius 3 is 2.31 bits per heavy atom. The van der Waals surface area contributed by atoms with Gasteiger partial charge in [-0.3, -0.25) is 0 Å². The predicted molar refractivity (Wildman–Crippen MR) is 52.6 cm³/mol. The van der Waals surface area contributed by atoms with E-state index in [2.05, 4.69) is 13.8 Å². The van der Waals surface area contributed by atoms with Gasteiger partial charge in [-0.15, -0.1) is 0 Å². The lowest BCUT2D eigenvalue weighted by atomic mass is 9.74. The molecule has 2 unspecified atom stereocenters. The van der Waals surface area contributed by atoms with Crippen molar-refractivity contribution in [2.45, 2.75) is 45.6 Å². The van der Waals surface area contributed by atoms with E-state index in [9.17, 15) is 4.79 Å². The SMILES string of the molecule is CCOC1(C=O)CC(C)CC(C)C1. The van der Waals surface area contributed by atoms with Gasteiger partial charge in [0.2, 0.25) is 0 Å². The van der Waals surface area contributed by atoms with Crippen molar-refractivity contribution >= 4 is 6.29 Å². The highest BCUT2D eigenvalue weighted by atomic mass is 16.5. The Bertz CT molecular complexity index is 167. The van der Waals surface area contributed by atoms with Crippen molar-refractivity contribution in [2.75, 3.05) is 6.61 Å². The second kappa shape index (κ2) is 4.23. The Morgan fingerprint density at radius 1 is 1.38 bits per heavy atom.